The van der Waals surface area contributed by atoms with Crippen molar-refractivity contribution < 1.29 is 9.90 Å². The molecular formula is C16H27N3O2. The maximum absolute atomic E-state index is 12.4. The quantitative estimate of drug-likeness (QED) is 0.641. The number of benzene rings is 1. The molecule has 0 aliphatic rings. The highest BCUT2D eigenvalue weighted by atomic mass is 16.3. The summed E-state index contributed by atoms with van der Waals surface area (Å²) in [7, 11) is 0. The molecule has 0 bridgehead atoms. The van der Waals surface area contributed by atoms with Crippen LogP contribution in [0.2, 0.25) is 0 Å². The lowest BCUT2D eigenvalue weighted by Crippen LogP contribution is -2.44. The molecule has 1 atom stereocenters. The Kier molecular flexibility index (Phi) is 7.19. The Labute approximate surface area is 127 Å². The second-order valence-corrected chi connectivity index (χ2v) is 5.35. The van der Waals surface area contributed by atoms with Gasteiger partial charge in [0.2, 0.25) is 5.91 Å². The van der Waals surface area contributed by atoms with Crippen LogP contribution in [0.4, 0.5) is 11.4 Å². The number of amides is 1. The summed E-state index contributed by atoms with van der Waals surface area (Å²) < 4.78 is 0. The van der Waals surface area contributed by atoms with E-state index in [0.29, 0.717) is 12.2 Å². The summed E-state index contributed by atoms with van der Waals surface area (Å²) in [4.78, 5) is 14.4. The number of nitrogens with zero attached hydrogens (tertiary/aromatic N) is 1. The van der Waals surface area contributed by atoms with Gasteiger partial charge in [0.05, 0.1) is 12.6 Å². The molecule has 1 rings (SSSR count). The first kappa shape index (κ1) is 17.5. The van der Waals surface area contributed by atoms with Crippen molar-refractivity contribution in [1.82, 2.24) is 4.90 Å². The van der Waals surface area contributed by atoms with Crippen LogP contribution in [-0.4, -0.2) is 41.7 Å². The highest BCUT2D eigenvalue weighted by Gasteiger charge is 2.21. The number of nitrogens with two attached hydrogens (primary N) is 1. The summed E-state index contributed by atoms with van der Waals surface area (Å²) in [6.07, 6.45) is 2.07. The third-order valence-corrected chi connectivity index (χ3v) is 3.63. The molecule has 5 nitrogen and oxygen atoms in total. The fraction of sp³-hybridized carbons (Fsp3) is 0.562. The van der Waals surface area contributed by atoms with E-state index < -0.39 is 0 Å². The van der Waals surface area contributed by atoms with Crippen molar-refractivity contribution in [3.8, 4) is 0 Å². The van der Waals surface area contributed by atoms with Gasteiger partial charge < -0.3 is 16.2 Å². The van der Waals surface area contributed by atoms with Gasteiger partial charge in [-0.2, -0.15) is 0 Å². The van der Waals surface area contributed by atoms with Gasteiger partial charge >= 0.3 is 0 Å². The monoisotopic (exact) mass is 293 g/mol. The minimum Gasteiger partial charge on any atom is -0.399 e. The van der Waals surface area contributed by atoms with Gasteiger partial charge in [-0.15, -0.1) is 0 Å². The molecule has 0 aliphatic carbocycles. The highest BCUT2D eigenvalue weighted by molar-refractivity contribution is 5.95. The van der Waals surface area contributed by atoms with E-state index in [-0.39, 0.29) is 18.6 Å². The van der Waals surface area contributed by atoms with E-state index in [1.807, 2.05) is 30.9 Å². The van der Waals surface area contributed by atoms with Crippen LogP contribution < -0.4 is 11.1 Å². The van der Waals surface area contributed by atoms with Crippen molar-refractivity contribution in [3.05, 3.63) is 23.8 Å². The molecular weight excluding hydrogens is 266 g/mol. The maximum atomic E-state index is 12.4. The molecule has 0 spiro atoms. The second-order valence-electron chi connectivity index (χ2n) is 5.35. The lowest BCUT2D eigenvalue weighted by molar-refractivity contribution is -0.120. The SMILES string of the molecule is CCCCN(CCO)C(C)C(=O)Nc1cc(N)ccc1C. The number of hydrogen-bond acceptors (Lipinski definition) is 4. The number of carbonyl (C=O) groups is 1. The molecule has 0 saturated carbocycles. The number of rotatable bonds is 8. The first-order valence-corrected chi connectivity index (χ1v) is 7.51. The zero-order valence-corrected chi connectivity index (χ0v) is 13.2. The summed E-state index contributed by atoms with van der Waals surface area (Å²) in [6, 6.07) is 5.18. The number of aryl methyl sites for hydroxylation is 1. The van der Waals surface area contributed by atoms with E-state index >= 15 is 0 Å². The molecule has 0 saturated heterocycles. The fourth-order valence-corrected chi connectivity index (χ4v) is 2.17. The Morgan fingerprint density at radius 3 is 2.76 bits per heavy atom. The fourth-order valence-electron chi connectivity index (χ4n) is 2.17. The number of unbranched alkanes of at least 4 members (excludes halogenated alkanes) is 1. The van der Waals surface area contributed by atoms with Gasteiger partial charge in [0.1, 0.15) is 0 Å². The van der Waals surface area contributed by atoms with E-state index in [9.17, 15) is 4.79 Å². The number of aliphatic hydroxyl groups excluding tert-OH is 1. The van der Waals surface area contributed by atoms with Gasteiger partial charge in [-0.25, -0.2) is 0 Å². The summed E-state index contributed by atoms with van der Waals surface area (Å²) in [6.45, 7) is 7.27. The lowest BCUT2D eigenvalue weighted by Gasteiger charge is -2.27. The van der Waals surface area contributed by atoms with Crippen molar-refractivity contribution in [1.29, 1.82) is 0 Å². The Hall–Kier alpha value is -1.59. The smallest absolute Gasteiger partial charge is 0.241 e. The van der Waals surface area contributed by atoms with Gasteiger partial charge in [0, 0.05) is 17.9 Å². The minimum atomic E-state index is -0.287. The molecule has 5 heteroatoms. The Morgan fingerprint density at radius 2 is 2.14 bits per heavy atom. The molecule has 0 aliphatic heterocycles. The van der Waals surface area contributed by atoms with Gasteiger partial charge in [-0.05, 0) is 44.5 Å². The van der Waals surface area contributed by atoms with E-state index in [0.717, 1.165) is 30.6 Å². The molecule has 1 unspecified atom stereocenters. The predicted octanol–water partition coefficient (Wildman–Crippen LogP) is 2.00. The van der Waals surface area contributed by atoms with Crippen LogP contribution in [0.15, 0.2) is 18.2 Å². The number of anilines is 2. The normalized spacial score (nSPS) is 12.4. The number of aliphatic hydroxyl groups is 1. The standard InChI is InChI=1S/C16H27N3O2/c1-4-5-8-19(9-10-20)13(3)16(21)18-15-11-14(17)7-6-12(15)2/h6-7,11,13,20H,4-5,8-10,17H2,1-3H3,(H,18,21). The summed E-state index contributed by atoms with van der Waals surface area (Å²) in [5.74, 6) is -0.0757. The van der Waals surface area contributed by atoms with Gasteiger partial charge in [0.15, 0.2) is 0 Å². The third-order valence-electron chi connectivity index (χ3n) is 3.63. The molecule has 21 heavy (non-hydrogen) atoms. The van der Waals surface area contributed by atoms with Crippen LogP contribution in [-0.2, 0) is 4.79 Å². The van der Waals surface area contributed by atoms with Crippen molar-refractivity contribution in [2.24, 2.45) is 0 Å². The number of hydrogen-bond donors (Lipinski definition) is 3. The van der Waals surface area contributed by atoms with Gasteiger partial charge in [-0.3, -0.25) is 9.69 Å². The number of carbonyl (C=O) groups excluding carboxylic acids is 1. The molecule has 1 aromatic rings. The zero-order valence-electron chi connectivity index (χ0n) is 13.2. The lowest BCUT2D eigenvalue weighted by atomic mass is 10.1. The molecule has 0 radical (unpaired) electrons. The molecule has 118 valence electrons. The second kappa shape index (κ2) is 8.64. The van der Waals surface area contributed by atoms with Crippen LogP contribution in [0.1, 0.15) is 32.3 Å². The molecule has 0 fully saturated rings. The van der Waals surface area contributed by atoms with Crippen LogP contribution in [0.3, 0.4) is 0 Å². The maximum Gasteiger partial charge on any atom is 0.241 e. The van der Waals surface area contributed by atoms with Crippen LogP contribution in [0.5, 0.6) is 0 Å². The van der Waals surface area contributed by atoms with E-state index in [1.165, 1.54) is 0 Å². The molecule has 4 N–H and O–H groups in total. The topological polar surface area (TPSA) is 78.6 Å². The zero-order chi connectivity index (χ0) is 15.8. The van der Waals surface area contributed by atoms with E-state index in [2.05, 4.69) is 12.2 Å². The molecule has 1 amide bonds. The summed E-state index contributed by atoms with van der Waals surface area (Å²) in [5, 5.41) is 12.1. The Bertz CT molecular complexity index is 463. The van der Waals surface area contributed by atoms with Gasteiger partial charge in [-0.1, -0.05) is 19.4 Å². The van der Waals surface area contributed by atoms with Crippen molar-refractivity contribution in [2.45, 2.75) is 39.7 Å². The number of nitrogen functional groups attached to an aromatic ring is 1. The summed E-state index contributed by atoms with van der Waals surface area (Å²) in [5.41, 5.74) is 8.11. The molecule has 0 heterocycles. The van der Waals surface area contributed by atoms with Crippen LogP contribution >= 0.6 is 0 Å². The number of nitrogens with one attached hydrogen (secondary N) is 1. The van der Waals surface area contributed by atoms with E-state index in [4.69, 9.17) is 10.8 Å². The van der Waals surface area contributed by atoms with Gasteiger partial charge in [0.25, 0.3) is 0 Å². The largest absolute Gasteiger partial charge is 0.399 e. The van der Waals surface area contributed by atoms with Crippen molar-refractivity contribution >= 4 is 17.3 Å². The molecule has 1 aromatic carbocycles. The first-order chi connectivity index (χ1) is 9.99. The summed E-state index contributed by atoms with van der Waals surface area (Å²) >= 11 is 0. The average molecular weight is 293 g/mol. The Balaban J connectivity index is 2.73. The third kappa shape index (κ3) is 5.36. The highest BCUT2D eigenvalue weighted by Crippen LogP contribution is 2.18. The van der Waals surface area contributed by atoms with Crippen LogP contribution in [0.25, 0.3) is 0 Å². The van der Waals surface area contributed by atoms with E-state index in [1.54, 1.807) is 6.07 Å². The average Bonchev–Trinajstić information content (AvgIpc) is 2.46. The Morgan fingerprint density at radius 1 is 1.43 bits per heavy atom. The van der Waals surface area contributed by atoms with Crippen molar-refractivity contribution in [3.63, 3.8) is 0 Å². The first-order valence-electron chi connectivity index (χ1n) is 7.51. The van der Waals surface area contributed by atoms with Crippen LogP contribution in [0, 0.1) is 6.92 Å². The van der Waals surface area contributed by atoms with Crippen molar-refractivity contribution in [2.75, 3.05) is 30.7 Å². The predicted molar refractivity (Wildman–Crippen MR) is 87.2 cm³/mol. The molecule has 0 aromatic heterocycles. The minimum absolute atomic E-state index is 0.0542.